The molecule has 78 valence electrons. The molecule has 1 heterocycles. The Morgan fingerprint density at radius 2 is 2.21 bits per heavy atom. The highest BCUT2D eigenvalue weighted by Crippen LogP contribution is 2.12. The molecule has 0 aromatic carbocycles. The molecule has 0 fully saturated rings. The third-order valence-electron chi connectivity index (χ3n) is 1.89. The monoisotopic (exact) mass is 195 g/mol. The smallest absolute Gasteiger partial charge is 0.0757 e. The average molecular weight is 195 g/mol. The van der Waals surface area contributed by atoms with Gasteiger partial charge in [0.25, 0.3) is 0 Å². The SMILES string of the molecule is CC(C)N[C@@H](CCO)c1cnccn1. The molecule has 0 saturated carbocycles. The number of nitrogens with one attached hydrogen (secondary N) is 1. The number of hydrogen-bond acceptors (Lipinski definition) is 4. The molecule has 0 unspecified atom stereocenters. The molecule has 0 aliphatic carbocycles. The van der Waals surface area contributed by atoms with Crippen molar-refractivity contribution in [1.82, 2.24) is 15.3 Å². The van der Waals surface area contributed by atoms with Crippen molar-refractivity contribution >= 4 is 0 Å². The summed E-state index contributed by atoms with van der Waals surface area (Å²) < 4.78 is 0. The summed E-state index contributed by atoms with van der Waals surface area (Å²) in [5.74, 6) is 0. The maximum atomic E-state index is 8.92. The molecule has 4 nitrogen and oxygen atoms in total. The van der Waals surface area contributed by atoms with E-state index < -0.39 is 0 Å². The van der Waals surface area contributed by atoms with Crippen molar-refractivity contribution in [3.63, 3.8) is 0 Å². The number of rotatable bonds is 5. The molecule has 1 rings (SSSR count). The molecule has 4 heteroatoms. The van der Waals surface area contributed by atoms with Gasteiger partial charge in [-0.3, -0.25) is 9.97 Å². The average Bonchev–Trinajstić information content (AvgIpc) is 2.18. The fourth-order valence-electron chi connectivity index (χ4n) is 1.34. The molecule has 0 aliphatic heterocycles. The minimum absolute atomic E-state index is 0.0914. The normalized spacial score (nSPS) is 13.1. The van der Waals surface area contributed by atoms with Crippen molar-refractivity contribution in [1.29, 1.82) is 0 Å². The summed E-state index contributed by atoms with van der Waals surface area (Å²) in [5.41, 5.74) is 0.884. The fraction of sp³-hybridized carbons (Fsp3) is 0.600. The zero-order valence-corrected chi connectivity index (χ0v) is 8.64. The van der Waals surface area contributed by atoms with Gasteiger partial charge in [0, 0.05) is 31.2 Å². The van der Waals surface area contributed by atoms with Crippen LogP contribution >= 0.6 is 0 Å². The van der Waals surface area contributed by atoms with E-state index >= 15 is 0 Å². The minimum atomic E-state index is 0.0914. The Kier molecular flexibility index (Phi) is 4.49. The van der Waals surface area contributed by atoms with E-state index in [4.69, 9.17) is 5.11 Å². The van der Waals surface area contributed by atoms with Crippen LogP contribution in [-0.2, 0) is 0 Å². The fourth-order valence-corrected chi connectivity index (χ4v) is 1.34. The molecule has 0 spiro atoms. The molecular weight excluding hydrogens is 178 g/mol. The van der Waals surface area contributed by atoms with Crippen molar-refractivity contribution in [3.05, 3.63) is 24.3 Å². The Morgan fingerprint density at radius 3 is 2.71 bits per heavy atom. The van der Waals surface area contributed by atoms with Gasteiger partial charge in [0.05, 0.1) is 11.7 Å². The summed E-state index contributed by atoms with van der Waals surface area (Å²) in [6.07, 6.45) is 5.71. The summed E-state index contributed by atoms with van der Waals surface area (Å²) in [6, 6.07) is 0.460. The topological polar surface area (TPSA) is 58.0 Å². The molecule has 0 amide bonds. The molecule has 14 heavy (non-hydrogen) atoms. The van der Waals surface area contributed by atoms with Gasteiger partial charge >= 0.3 is 0 Å². The lowest BCUT2D eigenvalue weighted by Crippen LogP contribution is -2.29. The van der Waals surface area contributed by atoms with E-state index in [-0.39, 0.29) is 12.6 Å². The Bertz CT molecular complexity index is 251. The van der Waals surface area contributed by atoms with Gasteiger partial charge in [-0.25, -0.2) is 0 Å². The molecule has 0 aliphatic rings. The van der Waals surface area contributed by atoms with E-state index in [1.165, 1.54) is 0 Å². The van der Waals surface area contributed by atoms with Crippen molar-refractivity contribution < 1.29 is 5.11 Å². The molecule has 1 aromatic heterocycles. The van der Waals surface area contributed by atoms with Gasteiger partial charge < -0.3 is 10.4 Å². The third-order valence-corrected chi connectivity index (χ3v) is 1.89. The Morgan fingerprint density at radius 1 is 1.43 bits per heavy atom. The van der Waals surface area contributed by atoms with Crippen LogP contribution in [0.2, 0.25) is 0 Å². The number of nitrogens with zero attached hydrogens (tertiary/aromatic N) is 2. The lowest BCUT2D eigenvalue weighted by Gasteiger charge is -2.19. The number of aliphatic hydroxyl groups is 1. The highest BCUT2D eigenvalue weighted by atomic mass is 16.3. The number of aromatic nitrogens is 2. The summed E-state index contributed by atoms with van der Waals surface area (Å²) in [6.45, 7) is 4.29. The van der Waals surface area contributed by atoms with Crippen molar-refractivity contribution in [3.8, 4) is 0 Å². The maximum Gasteiger partial charge on any atom is 0.0757 e. The van der Waals surface area contributed by atoms with Crippen LogP contribution < -0.4 is 5.32 Å². The van der Waals surface area contributed by atoms with E-state index in [9.17, 15) is 0 Å². The van der Waals surface area contributed by atoms with E-state index in [0.29, 0.717) is 12.5 Å². The minimum Gasteiger partial charge on any atom is -0.396 e. The molecular formula is C10H17N3O. The summed E-state index contributed by atoms with van der Waals surface area (Å²) in [5, 5.41) is 12.3. The quantitative estimate of drug-likeness (QED) is 0.733. The zero-order chi connectivity index (χ0) is 10.4. The lowest BCUT2D eigenvalue weighted by atomic mass is 10.1. The Hall–Kier alpha value is -1.00. The van der Waals surface area contributed by atoms with Gasteiger partial charge in [-0.15, -0.1) is 0 Å². The van der Waals surface area contributed by atoms with Crippen LogP contribution in [0.15, 0.2) is 18.6 Å². The van der Waals surface area contributed by atoms with Crippen molar-refractivity contribution in [2.45, 2.75) is 32.4 Å². The van der Waals surface area contributed by atoms with Crippen LogP contribution in [0.3, 0.4) is 0 Å². The Labute approximate surface area is 84.4 Å². The van der Waals surface area contributed by atoms with E-state index in [0.717, 1.165) is 5.69 Å². The van der Waals surface area contributed by atoms with E-state index in [1.54, 1.807) is 18.6 Å². The molecule has 0 bridgehead atoms. The maximum absolute atomic E-state index is 8.92. The van der Waals surface area contributed by atoms with Crippen LogP contribution in [0, 0.1) is 0 Å². The third kappa shape index (κ3) is 3.40. The molecule has 0 saturated heterocycles. The molecule has 1 atom stereocenters. The molecule has 1 aromatic rings. The van der Waals surface area contributed by atoms with Crippen molar-refractivity contribution in [2.24, 2.45) is 0 Å². The first-order valence-electron chi connectivity index (χ1n) is 4.87. The second-order valence-electron chi connectivity index (χ2n) is 3.52. The predicted molar refractivity (Wildman–Crippen MR) is 54.7 cm³/mol. The Balaban J connectivity index is 2.67. The second-order valence-corrected chi connectivity index (χ2v) is 3.52. The van der Waals surface area contributed by atoms with Crippen LogP contribution in [-0.4, -0.2) is 27.7 Å². The van der Waals surface area contributed by atoms with Crippen molar-refractivity contribution in [2.75, 3.05) is 6.61 Å². The first-order valence-corrected chi connectivity index (χ1v) is 4.87. The van der Waals surface area contributed by atoms with E-state index in [1.807, 2.05) is 0 Å². The number of hydrogen-bond donors (Lipinski definition) is 2. The lowest BCUT2D eigenvalue weighted by molar-refractivity contribution is 0.260. The van der Waals surface area contributed by atoms with Gasteiger partial charge in [-0.05, 0) is 6.42 Å². The zero-order valence-electron chi connectivity index (χ0n) is 8.64. The molecule has 2 N–H and O–H groups in total. The van der Waals surface area contributed by atoms with Crippen LogP contribution in [0.4, 0.5) is 0 Å². The van der Waals surface area contributed by atoms with Gasteiger partial charge in [0.1, 0.15) is 0 Å². The summed E-state index contributed by atoms with van der Waals surface area (Å²) in [7, 11) is 0. The van der Waals surface area contributed by atoms with Crippen LogP contribution in [0.5, 0.6) is 0 Å². The summed E-state index contributed by atoms with van der Waals surface area (Å²) >= 11 is 0. The van der Waals surface area contributed by atoms with Crippen LogP contribution in [0.25, 0.3) is 0 Å². The first kappa shape index (κ1) is 11.1. The van der Waals surface area contributed by atoms with Gasteiger partial charge in [-0.1, -0.05) is 13.8 Å². The van der Waals surface area contributed by atoms with E-state index in [2.05, 4.69) is 29.1 Å². The van der Waals surface area contributed by atoms with Gasteiger partial charge in [0.15, 0.2) is 0 Å². The van der Waals surface area contributed by atoms with Crippen LogP contribution in [0.1, 0.15) is 32.0 Å². The summed E-state index contributed by atoms with van der Waals surface area (Å²) in [4.78, 5) is 8.23. The predicted octanol–water partition coefficient (Wildman–Crippen LogP) is 0.898. The second kappa shape index (κ2) is 5.67. The largest absolute Gasteiger partial charge is 0.396 e. The first-order chi connectivity index (χ1) is 6.74. The molecule has 0 radical (unpaired) electrons. The number of aliphatic hydroxyl groups excluding tert-OH is 1. The highest BCUT2D eigenvalue weighted by molar-refractivity contribution is 5.02. The highest BCUT2D eigenvalue weighted by Gasteiger charge is 2.12. The van der Waals surface area contributed by atoms with Gasteiger partial charge in [-0.2, -0.15) is 0 Å². The van der Waals surface area contributed by atoms with Gasteiger partial charge in [0.2, 0.25) is 0 Å². The standard InChI is InChI=1S/C10H17N3O/c1-8(2)13-9(3-6-14)10-7-11-4-5-12-10/h4-5,7-9,13-14H,3,6H2,1-2H3/t9-/m0/s1.